The van der Waals surface area contributed by atoms with Gasteiger partial charge in [-0.2, -0.15) is 0 Å². The molecule has 1 amide bonds. The molecule has 1 fully saturated rings. The van der Waals surface area contributed by atoms with Gasteiger partial charge in [0, 0.05) is 49.7 Å². The van der Waals surface area contributed by atoms with Crippen LogP contribution in [0, 0.1) is 5.92 Å². The number of hydrogen-bond acceptors (Lipinski definition) is 5. The average molecular weight is 511 g/mol. The quantitative estimate of drug-likeness (QED) is 0.355. The molecule has 8 nitrogen and oxygen atoms in total. The first-order chi connectivity index (χ1) is 18.3. The lowest BCUT2D eigenvalue weighted by Crippen LogP contribution is -2.44. The molecule has 3 heterocycles. The summed E-state index contributed by atoms with van der Waals surface area (Å²) in [6.07, 6.45) is 2.85. The molecule has 1 aliphatic rings. The van der Waals surface area contributed by atoms with Gasteiger partial charge in [0.05, 0.1) is 17.4 Å². The van der Waals surface area contributed by atoms with Crippen molar-refractivity contribution in [2.24, 2.45) is 5.92 Å². The minimum absolute atomic E-state index is 0.0872. The molecule has 4 aromatic rings. The topological polar surface area (TPSA) is 86.3 Å². The number of hydrogen-bond donors (Lipinski definition) is 2. The van der Waals surface area contributed by atoms with E-state index in [0.29, 0.717) is 29.2 Å². The van der Waals surface area contributed by atoms with Crippen molar-refractivity contribution in [2.45, 2.75) is 20.4 Å². The number of fused-ring (bicyclic) bond motifs is 1. The maximum absolute atomic E-state index is 13.7. The molecule has 0 atom stereocenters. The molecule has 1 saturated heterocycles. The Kier molecular flexibility index (Phi) is 7.15. The number of aromatic nitrogens is 3. The van der Waals surface area contributed by atoms with E-state index in [1.54, 1.807) is 10.9 Å². The summed E-state index contributed by atoms with van der Waals surface area (Å²) in [5, 5.41) is 3.37. The summed E-state index contributed by atoms with van der Waals surface area (Å²) in [6.45, 7) is 12.3. The SMILES string of the molecule is C=CC(=O)Nc1cccc(-c2c(-c3ccc(N4CCN(C)CC4)cc3)[nH]c3ncn(CC(C)C)c(=O)c23)c1. The van der Waals surface area contributed by atoms with Crippen LogP contribution in [-0.2, 0) is 11.3 Å². The van der Waals surface area contributed by atoms with E-state index >= 15 is 0 Å². The largest absolute Gasteiger partial charge is 0.369 e. The number of H-pyrrole nitrogens is 1. The van der Waals surface area contributed by atoms with E-state index in [4.69, 9.17) is 0 Å². The molecule has 2 aromatic carbocycles. The highest BCUT2D eigenvalue weighted by Gasteiger charge is 2.21. The standard InChI is InChI=1S/C30H34N6O2/c1-5-25(37)32-23-8-6-7-22(17-23)26-27-29(31-19-36(30(27)38)18-20(2)3)33-28(26)21-9-11-24(12-10-21)35-15-13-34(4)14-16-35/h5-12,17,19-20,33H,1,13-16,18H2,2-4H3,(H,32,37). The zero-order valence-corrected chi connectivity index (χ0v) is 22.2. The van der Waals surface area contributed by atoms with E-state index in [1.165, 1.54) is 11.8 Å². The molecule has 1 aliphatic heterocycles. The molecule has 38 heavy (non-hydrogen) atoms. The van der Waals surface area contributed by atoms with E-state index in [0.717, 1.165) is 48.6 Å². The monoisotopic (exact) mass is 510 g/mol. The smallest absolute Gasteiger partial charge is 0.263 e. The number of aromatic amines is 1. The summed E-state index contributed by atoms with van der Waals surface area (Å²) in [7, 11) is 2.15. The molecular weight excluding hydrogens is 476 g/mol. The molecule has 2 aromatic heterocycles. The van der Waals surface area contributed by atoms with Crippen molar-refractivity contribution >= 4 is 28.3 Å². The van der Waals surface area contributed by atoms with Crippen LogP contribution in [-0.4, -0.2) is 58.6 Å². The van der Waals surface area contributed by atoms with E-state index in [1.807, 2.05) is 24.3 Å². The fourth-order valence-electron chi connectivity index (χ4n) is 4.99. The third kappa shape index (κ3) is 5.13. The minimum Gasteiger partial charge on any atom is -0.369 e. The Morgan fingerprint density at radius 1 is 1.11 bits per heavy atom. The number of amides is 1. The molecular formula is C30H34N6O2. The lowest BCUT2D eigenvalue weighted by atomic mass is 9.98. The Morgan fingerprint density at radius 3 is 2.53 bits per heavy atom. The fourth-order valence-corrected chi connectivity index (χ4v) is 4.99. The van der Waals surface area contributed by atoms with Gasteiger partial charge in [0.25, 0.3) is 5.56 Å². The van der Waals surface area contributed by atoms with Crippen LogP contribution in [0.2, 0.25) is 0 Å². The van der Waals surface area contributed by atoms with Gasteiger partial charge in [0.1, 0.15) is 5.65 Å². The maximum atomic E-state index is 13.7. The summed E-state index contributed by atoms with van der Waals surface area (Å²) in [5.41, 5.74) is 5.65. The third-order valence-electron chi connectivity index (χ3n) is 6.97. The van der Waals surface area contributed by atoms with Crippen molar-refractivity contribution < 1.29 is 4.79 Å². The predicted octanol–water partition coefficient (Wildman–Crippen LogP) is 4.59. The number of piperazine rings is 1. The van der Waals surface area contributed by atoms with Crippen molar-refractivity contribution in [1.82, 2.24) is 19.4 Å². The van der Waals surface area contributed by atoms with Gasteiger partial charge in [0.15, 0.2) is 0 Å². The summed E-state index contributed by atoms with van der Waals surface area (Å²) >= 11 is 0. The summed E-state index contributed by atoms with van der Waals surface area (Å²) in [6, 6.07) is 16.0. The number of anilines is 2. The van der Waals surface area contributed by atoms with Crippen LogP contribution in [0.5, 0.6) is 0 Å². The minimum atomic E-state index is -0.290. The van der Waals surface area contributed by atoms with Gasteiger partial charge in [-0.25, -0.2) is 4.98 Å². The lowest BCUT2D eigenvalue weighted by Gasteiger charge is -2.34. The predicted molar refractivity (Wildman–Crippen MR) is 155 cm³/mol. The zero-order chi connectivity index (χ0) is 26.8. The lowest BCUT2D eigenvalue weighted by molar-refractivity contribution is -0.111. The van der Waals surface area contributed by atoms with Crippen molar-refractivity contribution in [3.05, 3.63) is 77.9 Å². The van der Waals surface area contributed by atoms with Gasteiger partial charge in [0.2, 0.25) is 5.91 Å². The molecule has 196 valence electrons. The first-order valence-electron chi connectivity index (χ1n) is 13.0. The normalized spacial score (nSPS) is 14.3. The van der Waals surface area contributed by atoms with Crippen LogP contribution in [0.25, 0.3) is 33.4 Å². The van der Waals surface area contributed by atoms with E-state index in [-0.39, 0.29) is 11.5 Å². The number of rotatable bonds is 7. The van der Waals surface area contributed by atoms with Crippen molar-refractivity contribution in [2.75, 3.05) is 43.4 Å². The molecule has 0 saturated carbocycles. The molecule has 0 unspecified atom stereocenters. The van der Waals surface area contributed by atoms with Crippen LogP contribution in [0.4, 0.5) is 11.4 Å². The number of likely N-dealkylation sites (N-methyl/N-ethyl adjacent to an activating group) is 1. The first kappa shape index (κ1) is 25.5. The van der Waals surface area contributed by atoms with Gasteiger partial charge >= 0.3 is 0 Å². The molecule has 0 aliphatic carbocycles. The highest BCUT2D eigenvalue weighted by atomic mass is 16.1. The van der Waals surface area contributed by atoms with Crippen LogP contribution in [0.1, 0.15) is 13.8 Å². The average Bonchev–Trinajstić information content (AvgIpc) is 3.31. The molecule has 8 heteroatoms. The number of nitrogens with one attached hydrogen (secondary N) is 2. The molecule has 5 rings (SSSR count). The number of carbonyl (C=O) groups excluding carboxylic acids is 1. The second kappa shape index (κ2) is 10.7. The van der Waals surface area contributed by atoms with Crippen molar-refractivity contribution in [1.29, 1.82) is 0 Å². The van der Waals surface area contributed by atoms with Gasteiger partial charge in [-0.15, -0.1) is 0 Å². The Morgan fingerprint density at radius 2 is 1.84 bits per heavy atom. The molecule has 0 radical (unpaired) electrons. The summed E-state index contributed by atoms with van der Waals surface area (Å²) in [4.78, 5) is 38.5. The van der Waals surface area contributed by atoms with E-state index in [2.05, 4.69) is 76.8 Å². The third-order valence-corrected chi connectivity index (χ3v) is 6.97. The first-order valence-corrected chi connectivity index (χ1v) is 13.0. The Labute approximate surface area is 222 Å². The van der Waals surface area contributed by atoms with E-state index < -0.39 is 0 Å². The number of benzene rings is 2. The van der Waals surface area contributed by atoms with Gasteiger partial charge in [-0.1, -0.05) is 44.7 Å². The van der Waals surface area contributed by atoms with Crippen LogP contribution >= 0.6 is 0 Å². The second-order valence-electron chi connectivity index (χ2n) is 10.3. The highest BCUT2D eigenvalue weighted by molar-refractivity contribution is 6.04. The van der Waals surface area contributed by atoms with Crippen molar-refractivity contribution in [3.8, 4) is 22.4 Å². The van der Waals surface area contributed by atoms with E-state index in [9.17, 15) is 9.59 Å². The Bertz CT molecular complexity index is 1520. The zero-order valence-electron chi connectivity index (χ0n) is 22.2. The van der Waals surface area contributed by atoms with Crippen LogP contribution < -0.4 is 15.8 Å². The Hall–Kier alpha value is -4.17. The second-order valence-corrected chi connectivity index (χ2v) is 10.3. The maximum Gasteiger partial charge on any atom is 0.263 e. The van der Waals surface area contributed by atoms with Crippen LogP contribution in [0.3, 0.4) is 0 Å². The van der Waals surface area contributed by atoms with Crippen LogP contribution in [0.15, 0.2) is 72.3 Å². The van der Waals surface area contributed by atoms with Gasteiger partial charge < -0.3 is 20.1 Å². The number of nitrogens with zero attached hydrogens (tertiary/aromatic N) is 4. The van der Waals surface area contributed by atoms with Gasteiger partial charge in [-0.3, -0.25) is 14.2 Å². The molecule has 0 bridgehead atoms. The highest BCUT2D eigenvalue weighted by Crippen LogP contribution is 2.38. The molecule has 0 spiro atoms. The fraction of sp³-hybridized carbons (Fsp3) is 0.300. The number of carbonyl (C=O) groups is 1. The summed E-state index contributed by atoms with van der Waals surface area (Å²) < 4.78 is 1.67. The molecule has 2 N–H and O–H groups in total. The van der Waals surface area contributed by atoms with Crippen molar-refractivity contribution in [3.63, 3.8) is 0 Å². The Balaban J connectivity index is 1.64. The van der Waals surface area contributed by atoms with Gasteiger partial charge in [-0.05, 0) is 54.4 Å². The summed E-state index contributed by atoms with van der Waals surface area (Å²) in [5.74, 6) is 0.00938.